The van der Waals surface area contributed by atoms with Crippen LogP contribution in [0.3, 0.4) is 0 Å². The summed E-state index contributed by atoms with van der Waals surface area (Å²) in [5, 5.41) is 1.22. The molecule has 0 bridgehead atoms. The average molecular weight is 401 g/mol. The third-order valence-corrected chi connectivity index (χ3v) is 6.59. The van der Waals surface area contributed by atoms with Gasteiger partial charge in [0.1, 0.15) is 5.82 Å². The van der Waals surface area contributed by atoms with Crippen molar-refractivity contribution >= 4 is 22.5 Å². The van der Waals surface area contributed by atoms with Gasteiger partial charge in [0.05, 0.1) is 5.69 Å². The van der Waals surface area contributed by atoms with E-state index in [9.17, 15) is 0 Å². The molecule has 0 saturated carbocycles. The van der Waals surface area contributed by atoms with E-state index >= 15 is 0 Å². The van der Waals surface area contributed by atoms with E-state index in [2.05, 4.69) is 59.2 Å². The van der Waals surface area contributed by atoms with E-state index in [0.29, 0.717) is 0 Å². The summed E-state index contributed by atoms with van der Waals surface area (Å²) in [6.07, 6.45) is 8.64. The molecule has 0 spiro atoms. The highest BCUT2D eigenvalue weighted by molar-refractivity contribution is 5.94. The summed E-state index contributed by atoms with van der Waals surface area (Å²) in [7, 11) is 0. The van der Waals surface area contributed by atoms with Gasteiger partial charge in [-0.25, -0.2) is 9.97 Å². The van der Waals surface area contributed by atoms with Crippen LogP contribution in [0.1, 0.15) is 55.3 Å². The highest BCUT2D eigenvalue weighted by atomic mass is 15.2. The monoisotopic (exact) mass is 400 g/mol. The molecule has 0 atom stereocenters. The summed E-state index contributed by atoms with van der Waals surface area (Å²) >= 11 is 0. The van der Waals surface area contributed by atoms with Gasteiger partial charge in [0.25, 0.3) is 0 Å². The van der Waals surface area contributed by atoms with Gasteiger partial charge in [-0.15, -0.1) is 0 Å². The molecule has 4 heteroatoms. The maximum Gasteiger partial charge on any atom is 0.163 e. The summed E-state index contributed by atoms with van der Waals surface area (Å²) in [6, 6.07) is 15.3. The van der Waals surface area contributed by atoms with Crippen LogP contribution in [-0.2, 0) is 6.42 Å². The molecular formula is C26H32N4. The third kappa shape index (κ3) is 3.88. The van der Waals surface area contributed by atoms with Crippen molar-refractivity contribution in [2.24, 2.45) is 0 Å². The van der Waals surface area contributed by atoms with Crippen LogP contribution in [0.25, 0.3) is 11.0 Å². The average Bonchev–Trinajstić information content (AvgIpc) is 2.80. The Morgan fingerprint density at radius 3 is 2.10 bits per heavy atom. The van der Waals surface area contributed by atoms with E-state index in [1.54, 1.807) is 0 Å². The molecule has 0 unspecified atom stereocenters. The number of aryl methyl sites for hydroxylation is 1. The lowest BCUT2D eigenvalue weighted by molar-refractivity contribution is 0.568. The molecule has 2 fully saturated rings. The zero-order chi connectivity index (χ0) is 20.3. The maximum atomic E-state index is 5.20. The number of hydrogen-bond acceptors (Lipinski definition) is 4. The number of hydrogen-bond donors (Lipinski definition) is 0. The first-order chi connectivity index (χ1) is 14.8. The molecule has 5 rings (SSSR count). The van der Waals surface area contributed by atoms with Crippen molar-refractivity contribution in [2.45, 2.75) is 51.9 Å². The molecule has 30 heavy (non-hydrogen) atoms. The van der Waals surface area contributed by atoms with Gasteiger partial charge in [0.15, 0.2) is 5.65 Å². The summed E-state index contributed by atoms with van der Waals surface area (Å²) in [5.74, 6) is 1.17. The molecule has 2 aliphatic rings. The SMILES string of the molecule is Cc1ccc2c(N3CCCCC3)c(Cc3ccccc3)c(N3CCCCC3)nc2n1. The lowest BCUT2D eigenvalue weighted by atomic mass is 9.98. The van der Waals surface area contributed by atoms with Crippen LogP contribution in [0, 0.1) is 6.92 Å². The van der Waals surface area contributed by atoms with Crippen LogP contribution >= 0.6 is 0 Å². The predicted molar refractivity (Wildman–Crippen MR) is 126 cm³/mol. The van der Waals surface area contributed by atoms with E-state index in [1.165, 1.54) is 66.5 Å². The number of anilines is 2. The molecule has 2 aromatic heterocycles. The Hall–Kier alpha value is -2.62. The number of pyridine rings is 2. The van der Waals surface area contributed by atoms with Gasteiger partial charge < -0.3 is 9.80 Å². The van der Waals surface area contributed by atoms with E-state index in [4.69, 9.17) is 9.97 Å². The summed E-state index contributed by atoms with van der Waals surface area (Å²) in [4.78, 5) is 15.2. The summed E-state index contributed by atoms with van der Waals surface area (Å²) in [5.41, 5.74) is 6.09. The molecule has 156 valence electrons. The first-order valence-corrected chi connectivity index (χ1v) is 11.6. The maximum absolute atomic E-state index is 5.20. The highest BCUT2D eigenvalue weighted by Crippen LogP contribution is 2.39. The minimum absolute atomic E-state index is 0.910. The number of fused-ring (bicyclic) bond motifs is 1. The van der Waals surface area contributed by atoms with Crippen LogP contribution in [-0.4, -0.2) is 36.1 Å². The number of rotatable bonds is 4. The third-order valence-electron chi connectivity index (χ3n) is 6.59. The molecule has 3 aromatic rings. The van der Waals surface area contributed by atoms with Crippen molar-refractivity contribution in [2.75, 3.05) is 36.0 Å². The predicted octanol–water partition coefficient (Wildman–Crippen LogP) is 5.51. The van der Waals surface area contributed by atoms with E-state index in [0.717, 1.165) is 43.9 Å². The number of benzene rings is 1. The normalized spacial score (nSPS) is 17.5. The van der Waals surface area contributed by atoms with E-state index in [1.807, 2.05) is 0 Å². The molecule has 0 aliphatic carbocycles. The topological polar surface area (TPSA) is 32.3 Å². The standard InChI is InChI=1S/C26H32N4/c1-20-13-14-22-24(29-15-7-3-8-16-29)23(19-21-11-5-2-6-12-21)26(28-25(22)27-20)30-17-9-4-10-18-30/h2,5-6,11-14H,3-4,7-10,15-19H2,1H3. The second-order valence-corrected chi connectivity index (χ2v) is 8.84. The lowest BCUT2D eigenvalue weighted by Gasteiger charge is -2.35. The number of nitrogens with zero attached hydrogens (tertiary/aromatic N) is 4. The van der Waals surface area contributed by atoms with Gasteiger partial charge in [-0.3, -0.25) is 0 Å². The Morgan fingerprint density at radius 2 is 1.40 bits per heavy atom. The van der Waals surface area contributed by atoms with Gasteiger partial charge in [0, 0.05) is 49.2 Å². The summed E-state index contributed by atoms with van der Waals surface area (Å²) < 4.78 is 0. The Kier molecular flexibility index (Phi) is 5.56. The minimum atomic E-state index is 0.910. The van der Waals surface area contributed by atoms with E-state index in [-0.39, 0.29) is 0 Å². The smallest absolute Gasteiger partial charge is 0.163 e. The molecule has 4 heterocycles. The fraction of sp³-hybridized carbons (Fsp3) is 0.462. The highest BCUT2D eigenvalue weighted by Gasteiger charge is 2.25. The Morgan fingerprint density at radius 1 is 0.733 bits per heavy atom. The zero-order valence-corrected chi connectivity index (χ0v) is 18.1. The van der Waals surface area contributed by atoms with Gasteiger partial charge >= 0.3 is 0 Å². The van der Waals surface area contributed by atoms with Crippen molar-refractivity contribution in [3.63, 3.8) is 0 Å². The molecular weight excluding hydrogens is 368 g/mol. The van der Waals surface area contributed by atoms with Crippen LogP contribution in [0.4, 0.5) is 11.5 Å². The van der Waals surface area contributed by atoms with Crippen molar-refractivity contribution in [3.05, 3.63) is 59.3 Å². The van der Waals surface area contributed by atoms with Crippen molar-refractivity contribution in [3.8, 4) is 0 Å². The largest absolute Gasteiger partial charge is 0.371 e. The number of aromatic nitrogens is 2. The van der Waals surface area contributed by atoms with Gasteiger partial charge in [-0.2, -0.15) is 0 Å². The second-order valence-electron chi connectivity index (χ2n) is 8.84. The Balaban J connectivity index is 1.73. The zero-order valence-electron chi connectivity index (χ0n) is 18.1. The van der Waals surface area contributed by atoms with Gasteiger partial charge in [0.2, 0.25) is 0 Å². The molecule has 2 aliphatic heterocycles. The fourth-order valence-corrected chi connectivity index (χ4v) is 5.06. The Bertz CT molecular complexity index is 1000. The van der Waals surface area contributed by atoms with Gasteiger partial charge in [-0.05, 0) is 63.1 Å². The van der Waals surface area contributed by atoms with Crippen LogP contribution < -0.4 is 9.80 Å². The molecule has 0 N–H and O–H groups in total. The van der Waals surface area contributed by atoms with Crippen LogP contribution in [0.2, 0.25) is 0 Å². The molecule has 0 amide bonds. The summed E-state index contributed by atoms with van der Waals surface area (Å²) in [6.45, 7) is 6.54. The lowest BCUT2D eigenvalue weighted by Crippen LogP contribution is -2.34. The molecule has 1 aromatic carbocycles. The van der Waals surface area contributed by atoms with Crippen molar-refractivity contribution in [1.29, 1.82) is 0 Å². The first kappa shape index (κ1) is 19.3. The molecule has 4 nitrogen and oxygen atoms in total. The number of piperidine rings is 2. The quantitative estimate of drug-likeness (QED) is 0.578. The van der Waals surface area contributed by atoms with E-state index < -0.39 is 0 Å². The Labute approximate surface area is 179 Å². The molecule has 2 saturated heterocycles. The van der Waals surface area contributed by atoms with Crippen LogP contribution in [0.5, 0.6) is 0 Å². The second kappa shape index (κ2) is 8.63. The fourth-order valence-electron chi connectivity index (χ4n) is 5.06. The molecule has 0 radical (unpaired) electrons. The van der Waals surface area contributed by atoms with Gasteiger partial charge in [-0.1, -0.05) is 30.3 Å². The van der Waals surface area contributed by atoms with Crippen molar-refractivity contribution in [1.82, 2.24) is 9.97 Å². The van der Waals surface area contributed by atoms with Crippen LogP contribution in [0.15, 0.2) is 42.5 Å². The van der Waals surface area contributed by atoms with Crippen molar-refractivity contribution < 1.29 is 0 Å². The minimum Gasteiger partial charge on any atom is -0.371 e. The first-order valence-electron chi connectivity index (χ1n) is 11.6.